The first-order chi connectivity index (χ1) is 10.1. The summed E-state index contributed by atoms with van der Waals surface area (Å²) in [5.41, 5.74) is 0. The first-order valence-corrected chi connectivity index (χ1v) is 10.4. The molecule has 1 atom stereocenters. The fourth-order valence-electron chi connectivity index (χ4n) is 2.39. The molecule has 0 aliphatic rings. The van der Waals surface area contributed by atoms with Gasteiger partial charge in [-0.25, -0.2) is 0 Å². The lowest BCUT2D eigenvalue weighted by Crippen LogP contribution is -2.10. The average molecular weight is 321 g/mol. The Hall–Kier alpha value is 0.110. The van der Waals surface area contributed by atoms with Crippen LogP contribution in [0.25, 0.3) is 0 Å². The van der Waals surface area contributed by atoms with Crippen molar-refractivity contribution in [1.29, 1.82) is 0 Å². The van der Waals surface area contributed by atoms with Crippen LogP contribution in [0, 0.1) is 0 Å². The summed E-state index contributed by atoms with van der Waals surface area (Å²) in [5.74, 6) is 0. The Bertz CT molecular complexity index is 259. The molecule has 1 unspecified atom stereocenters. The van der Waals surface area contributed by atoms with Gasteiger partial charge in [-0.05, 0) is 6.42 Å². The maximum atomic E-state index is 11.4. The van der Waals surface area contributed by atoms with E-state index < -0.39 is 7.60 Å². The monoisotopic (exact) mass is 321 g/mol. The van der Waals surface area contributed by atoms with Crippen LogP contribution >= 0.6 is 7.60 Å². The summed E-state index contributed by atoms with van der Waals surface area (Å²) in [7, 11) is -3.70. The molecule has 0 aliphatic carbocycles. The second-order valence-electron chi connectivity index (χ2n) is 5.78. The third-order valence-corrected chi connectivity index (χ3v) is 5.10. The predicted molar refractivity (Wildman–Crippen MR) is 86.6 cm³/mol. The van der Waals surface area contributed by atoms with E-state index >= 15 is 0 Å². The number of hydrogen-bond donors (Lipinski definition) is 1. The summed E-state index contributed by atoms with van der Waals surface area (Å²) in [6, 6.07) is 0. The molecule has 0 saturated heterocycles. The standard InChI is InChI=1S/C16H35O4P/c1-2-3-4-5-6-7-8-9-10-11-12-13-16-21(18,19)20-15-14-17/h17H,2-16H2,1H3,(H,18,19)/p-1. The zero-order valence-corrected chi connectivity index (χ0v) is 14.6. The zero-order chi connectivity index (χ0) is 15.8. The number of aliphatic hydroxyl groups excluding tert-OH is 1. The molecule has 128 valence electrons. The van der Waals surface area contributed by atoms with Crippen molar-refractivity contribution < 1.29 is 19.1 Å². The van der Waals surface area contributed by atoms with E-state index in [0.717, 1.165) is 12.8 Å². The van der Waals surface area contributed by atoms with Gasteiger partial charge in [0.15, 0.2) is 0 Å². The van der Waals surface area contributed by atoms with E-state index in [2.05, 4.69) is 11.4 Å². The smallest absolute Gasteiger partial charge is 0.135 e. The van der Waals surface area contributed by atoms with Crippen molar-refractivity contribution in [3.63, 3.8) is 0 Å². The van der Waals surface area contributed by atoms with Crippen LogP contribution in [0.15, 0.2) is 0 Å². The van der Waals surface area contributed by atoms with Gasteiger partial charge in [0.1, 0.15) is 7.60 Å². The van der Waals surface area contributed by atoms with E-state index in [0.29, 0.717) is 6.42 Å². The first kappa shape index (κ1) is 21.1. The van der Waals surface area contributed by atoms with E-state index in [4.69, 9.17) is 5.11 Å². The van der Waals surface area contributed by atoms with Crippen molar-refractivity contribution in [2.24, 2.45) is 0 Å². The van der Waals surface area contributed by atoms with E-state index in [1.54, 1.807) is 0 Å². The van der Waals surface area contributed by atoms with Gasteiger partial charge >= 0.3 is 0 Å². The van der Waals surface area contributed by atoms with Crippen molar-refractivity contribution in [3.05, 3.63) is 0 Å². The highest BCUT2D eigenvalue weighted by molar-refractivity contribution is 7.51. The highest BCUT2D eigenvalue weighted by Gasteiger charge is 2.07. The van der Waals surface area contributed by atoms with Gasteiger partial charge in [0.05, 0.1) is 13.2 Å². The minimum atomic E-state index is -3.70. The van der Waals surface area contributed by atoms with Gasteiger partial charge in [0.25, 0.3) is 0 Å². The highest BCUT2D eigenvalue weighted by atomic mass is 31.2. The third kappa shape index (κ3) is 16.3. The molecular formula is C16H34O4P-. The minimum absolute atomic E-state index is 0.102. The van der Waals surface area contributed by atoms with Gasteiger partial charge in [-0.3, -0.25) is 0 Å². The summed E-state index contributed by atoms with van der Waals surface area (Å²) in [4.78, 5) is 11.4. The summed E-state index contributed by atoms with van der Waals surface area (Å²) >= 11 is 0. The molecule has 0 saturated carbocycles. The van der Waals surface area contributed by atoms with Gasteiger partial charge in [-0.15, -0.1) is 0 Å². The molecule has 0 radical (unpaired) electrons. The van der Waals surface area contributed by atoms with Crippen LogP contribution < -0.4 is 4.89 Å². The fourth-order valence-corrected chi connectivity index (χ4v) is 3.49. The first-order valence-electron chi connectivity index (χ1n) is 8.68. The zero-order valence-electron chi connectivity index (χ0n) is 13.7. The van der Waals surface area contributed by atoms with E-state index in [1.165, 1.54) is 57.8 Å². The van der Waals surface area contributed by atoms with Gasteiger partial charge in [-0.2, -0.15) is 0 Å². The summed E-state index contributed by atoms with van der Waals surface area (Å²) in [6.45, 7) is 1.88. The second-order valence-corrected chi connectivity index (χ2v) is 7.71. The molecule has 0 spiro atoms. The van der Waals surface area contributed by atoms with E-state index in [-0.39, 0.29) is 19.4 Å². The predicted octanol–water partition coefficient (Wildman–Crippen LogP) is 4.25. The van der Waals surface area contributed by atoms with Crippen LogP contribution in [0.4, 0.5) is 0 Å². The van der Waals surface area contributed by atoms with Crippen LogP contribution in [0.3, 0.4) is 0 Å². The number of hydrogen-bond acceptors (Lipinski definition) is 4. The van der Waals surface area contributed by atoms with Gasteiger partial charge in [0.2, 0.25) is 0 Å². The van der Waals surface area contributed by atoms with Crippen molar-refractivity contribution in [3.8, 4) is 0 Å². The fraction of sp³-hybridized carbons (Fsp3) is 1.00. The van der Waals surface area contributed by atoms with Gasteiger partial charge in [-0.1, -0.05) is 77.6 Å². The van der Waals surface area contributed by atoms with Crippen LogP contribution in [-0.4, -0.2) is 24.5 Å². The Morgan fingerprint density at radius 2 is 1.29 bits per heavy atom. The van der Waals surface area contributed by atoms with Crippen LogP contribution in [0.1, 0.15) is 84.0 Å². The molecule has 0 bridgehead atoms. The van der Waals surface area contributed by atoms with Gasteiger partial charge in [0, 0.05) is 6.16 Å². The van der Waals surface area contributed by atoms with E-state index in [9.17, 15) is 9.46 Å². The molecule has 0 heterocycles. The average Bonchev–Trinajstić information content (AvgIpc) is 2.46. The van der Waals surface area contributed by atoms with Crippen molar-refractivity contribution in [2.75, 3.05) is 19.4 Å². The van der Waals surface area contributed by atoms with E-state index in [1.807, 2.05) is 0 Å². The molecule has 0 rings (SSSR count). The summed E-state index contributed by atoms with van der Waals surface area (Å²) in [5, 5.41) is 8.52. The Morgan fingerprint density at radius 3 is 1.71 bits per heavy atom. The van der Waals surface area contributed by atoms with Crippen molar-refractivity contribution >= 4 is 7.60 Å². The lowest BCUT2D eigenvalue weighted by atomic mass is 10.1. The Balaban J connectivity index is 3.20. The molecule has 0 aromatic rings. The molecule has 0 aromatic carbocycles. The normalized spacial score (nSPS) is 14.2. The molecule has 0 amide bonds. The topological polar surface area (TPSA) is 69.6 Å². The van der Waals surface area contributed by atoms with Crippen LogP contribution in [-0.2, 0) is 9.09 Å². The maximum absolute atomic E-state index is 11.4. The summed E-state index contributed by atoms with van der Waals surface area (Å²) in [6.07, 6.45) is 14.7. The largest absolute Gasteiger partial charge is 0.778 e. The van der Waals surface area contributed by atoms with Crippen LogP contribution in [0.2, 0.25) is 0 Å². The highest BCUT2D eigenvalue weighted by Crippen LogP contribution is 2.37. The molecule has 1 N–H and O–H groups in total. The van der Waals surface area contributed by atoms with Crippen molar-refractivity contribution in [2.45, 2.75) is 84.0 Å². The Morgan fingerprint density at radius 1 is 0.857 bits per heavy atom. The molecule has 0 fully saturated rings. The maximum Gasteiger partial charge on any atom is 0.135 e. The summed E-state index contributed by atoms with van der Waals surface area (Å²) < 4.78 is 16.0. The quantitative estimate of drug-likeness (QED) is 0.341. The van der Waals surface area contributed by atoms with Crippen molar-refractivity contribution in [1.82, 2.24) is 0 Å². The number of rotatable bonds is 16. The lowest BCUT2D eigenvalue weighted by molar-refractivity contribution is -0.199. The van der Waals surface area contributed by atoms with Crippen LogP contribution in [0.5, 0.6) is 0 Å². The third-order valence-electron chi connectivity index (χ3n) is 3.66. The van der Waals surface area contributed by atoms with Gasteiger partial charge < -0.3 is 19.1 Å². The molecule has 4 nitrogen and oxygen atoms in total. The number of unbranched alkanes of at least 4 members (excludes halogenated alkanes) is 11. The molecule has 21 heavy (non-hydrogen) atoms. The lowest BCUT2D eigenvalue weighted by Gasteiger charge is -2.22. The Labute approximate surface area is 130 Å². The molecular weight excluding hydrogens is 287 g/mol. The SMILES string of the molecule is CCCCCCCCCCCCCCP(=O)([O-])OCCO. The molecule has 0 aromatic heterocycles. The Kier molecular flexibility index (Phi) is 15.1. The second kappa shape index (κ2) is 15.0. The number of aliphatic hydroxyl groups is 1. The molecule has 0 aliphatic heterocycles. The minimum Gasteiger partial charge on any atom is -0.778 e. The molecule has 5 heteroatoms.